The van der Waals surface area contributed by atoms with Crippen molar-refractivity contribution in [2.45, 2.75) is 50.5 Å². The first-order valence-electron chi connectivity index (χ1n) is 19.2. The molecule has 5 aromatic carbocycles. The van der Waals surface area contributed by atoms with Gasteiger partial charge in [-0.15, -0.1) is 0 Å². The van der Waals surface area contributed by atoms with Crippen LogP contribution in [-0.2, 0) is 15.8 Å². The highest BCUT2D eigenvalue weighted by Gasteiger charge is 2.47. The van der Waals surface area contributed by atoms with E-state index in [2.05, 4.69) is 122 Å². The third-order valence-corrected chi connectivity index (χ3v) is 12.4. The first-order valence-corrected chi connectivity index (χ1v) is 19.2. The Hall–Kier alpha value is -5.26. The maximum atomic E-state index is 7.75. The zero-order valence-electron chi connectivity index (χ0n) is 31.2. The number of benzene rings is 5. The first-order chi connectivity index (χ1) is 26.0. The van der Waals surface area contributed by atoms with Gasteiger partial charge in [-0.3, -0.25) is 0 Å². The van der Waals surface area contributed by atoms with Gasteiger partial charge in [-0.05, 0) is 100 Å². The van der Waals surface area contributed by atoms with Crippen molar-refractivity contribution in [2.75, 3.05) is 45.4 Å². The molecule has 4 aliphatic rings. The summed E-state index contributed by atoms with van der Waals surface area (Å²) < 4.78 is 25.4. The van der Waals surface area contributed by atoms with Crippen LogP contribution >= 0.6 is 0 Å². The van der Waals surface area contributed by atoms with Crippen LogP contribution in [0.2, 0.25) is 0 Å². The minimum atomic E-state index is -0.818. The maximum absolute atomic E-state index is 7.75. The molecule has 1 atom stereocenters. The van der Waals surface area contributed by atoms with Gasteiger partial charge < -0.3 is 23.8 Å². The van der Waals surface area contributed by atoms with Gasteiger partial charge >= 0.3 is 0 Å². The van der Waals surface area contributed by atoms with E-state index in [4.69, 9.17) is 18.9 Å². The van der Waals surface area contributed by atoms with Crippen molar-refractivity contribution in [1.29, 1.82) is 0 Å². The van der Waals surface area contributed by atoms with Crippen LogP contribution in [0.1, 0.15) is 67.3 Å². The van der Waals surface area contributed by atoms with E-state index in [9.17, 15) is 0 Å². The number of methoxy groups -OCH3 is 2. The third-order valence-electron chi connectivity index (χ3n) is 12.4. The molecule has 0 N–H and O–H groups in total. The van der Waals surface area contributed by atoms with Gasteiger partial charge in [-0.2, -0.15) is 0 Å². The number of allylic oxidation sites excluding steroid dienone is 3. The zero-order valence-corrected chi connectivity index (χ0v) is 31.2. The Bertz CT molecular complexity index is 2290. The van der Waals surface area contributed by atoms with Crippen molar-refractivity contribution >= 4 is 28.1 Å². The maximum Gasteiger partial charge on any atom is 0.174 e. The number of nitrogens with zero attached hydrogens (tertiary/aromatic N) is 1. The van der Waals surface area contributed by atoms with E-state index in [0.29, 0.717) is 13.2 Å². The first kappa shape index (κ1) is 33.6. The van der Waals surface area contributed by atoms with E-state index in [1.54, 1.807) is 14.2 Å². The van der Waals surface area contributed by atoms with Gasteiger partial charge in [0.2, 0.25) is 0 Å². The Morgan fingerprint density at radius 2 is 1.53 bits per heavy atom. The number of ether oxygens (including phenoxy) is 4. The molecule has 0 spiro atoms. The summed E-state index contributed by atoms with van der Waals surface area (Å²) in [5.74, 6) is 2.59. The van der Waals surface area contributed by atoms with E-state index >= 15 is 0 Å². The average Bonchev–Trinajstić information content (AvgIpc) is 3.54. The molecule has 53 heavy (non-hydrogen) atoms. The lowest BCUT2D eigenvalue weighted by atomic mass is 9.70. The van der Waals surface area contributed by atoms with Crippen molar-refractivity contribution < 1.29 is 18.9 Å². The molecule has 0 radical (unpaired) electrons. The minimum Gasteiger partial charge on any atom is -0.497 e. The fourth-order valence-corrected chi connectivity index (χ4v) is 9.58. The molecule has 2 heterocycles. The van der Waals surface area contributed by atoms with Crippen LogP contribution < -0.4 is 19.1 Å². The van der Waals surface area contributed by atoms with Gasteiger partial charge in [0.15, 0.2) is 5.60 Å². The van der Waals surface area contributed by atoms with E-state index in [1.165, 1.54) is 49.9 Å². The summed E-state index contributed by atoms with van der Waals surface area (Å²) in [6.45, 7) is 7.75. The highest BCUT2D eigenvalue weighted by atomic mass is 16.5. The van der Waals surface area contributed by atoms with Crippen molar-refractivity contribution in [2.24, 2.45) is 0 Å². The second-order valence-corrected chi connectivity index (χ2v) is 14.6. The predicted octanol–water partition coefficient (Wildman–Crippen LogP) is 10.9. The van der Waals surface area contributed by atoms with E-state index < -0.39 is 5.60 Å². The quantitative estimate of drug-likeness (QED) is 0.161. The molecule has 1 saturated heterocycles. The Morgan fingerprint density at radius 1 is 0.774 bits per heavy atom. The summed E-state index contributed by atoms with van der Waals surface area (Å²) in [6, 6.07) is 32.8. The number of hydrogen-bond donors (Lipinski definition) is 0. The topological polar surface area (TPSA) is 40.2 Å². The van der Waals surface area contributed by atoms with Gasteiger partial charge in [0.25, 0.3) is 0 Å². The Balaban J connectivity index is 1.32. The molecule has 2 aliphatic carbocycles. The molecule has 5 aromatic rings. The third kappa shape index (κ3) is 5.15. The molecule has 9 rings (SSSR count). The largest absolute Gasteiger partial charge is 0.497 e. The van der Waals surface area contributed by atoms with Crippen LogP contribution in [0.15, 0.2) is 115 Å². The molecule has 2 aliphatic heterocycles. The molecule has 0 amide bonds. The molecule has 268 valence electrons. The van der Waals surface area contributed by atoms with Gasteiger partial charge in [0.1, 0.15) is 17.2 Å². The van der Waals surface area contributed by atoms with Gasteiger partial charge in [0, 0.05) is 35.0 Å². The SMILES string of the molecule is CCC1(CC)c2ccccc2-c2c1c1c(c3cc(OC)c(N4CCOCC4)cc23)OC(C2=CC=C(c3ccccc3)CC2)(c2ccc(OC)cc2)C=C1. The number of anilines is 1. The van der Waals surface area contributed by atoms with Gasteiger partial charge in [0.05, 0.1) is 33.1 Å². The number of morpholine rings is 1. The predicted molar refractivity (Wildman–Crippen MR) is 216 cm³/mol. The van der Waals surface area contributed by atoms with Gasteiger partial charge in [-0.25, -0.2) is 0 Å². The summed E-state index contributed by atoms with van der Waals surface area (Å²) >= 11 is 0. The minimum absolute atomic E-state index is 0.144. The fraction of sp³-hybridized carbons (Fsp3) is 0.292. The van der Waals surface area contributed by atoms with Crippen molar-refractivity contribution in [1.82, 2.24) is 0 Å². The molecule has 5 heteroatoms. The number of hydrogen-bond acceptors (Lipinski definition) is 5. The summed E-state index contributed by atoms with van der Waals surface area (Å²) in [5.41, 5.74) is 11.7. The lowest BCUT2D eigenvalue weighted by Crippen LogP contribution is -2.37. The summed E-state index contributed by atoms with van der Waals surface area (Å²) in [5, 5.41) is 2.28. The lowest BCUT2D eigenvalue weighted by Gasteiger charge is -2.41. The van der Waals surface area contributed by atoms with E-state index in [-0.39, 0.29) is 5.41 Å². The number of rotatable bonds is 8. The Morgan fingerprint density at radius 3 is 2.23 bits per heavy atom. The van der Waals surface area contributed by atoms with Crippen LogP contribution in [0, 0.1) is 0 Å². The fourth-order valence-electron chi connectivity index (χ4n) is 9.58. The van der Waals surface area contributed by atoms with E-state index in [1.807, 2.05) is 12.1 Å². The Labute approximate surface area is 313 Å². The van der Waals surface area contributed by atoms with Crippen molar-refractivity contribution in [3.05, 3.63) is 143 Å². The normalized spacial score (nSPS) is 19.8. The van der Waals surface area contributed by atoms with Crippen LogP contribution in [0.5, 0.6) is 17.2 Å². The van der Waals surface area contributed by atoms with Crippen LogP contribution in [-0.4, -0.2) is 40.5 Å². The number of fused-ring (bicyclic) bond motifs is 8. The Kier molecular flexibility index (Phi) is 8.42. The van der Waals surface area contributed by atoms with Crippen LogP contribution in [0.4, 0.5) is 5.69 Å². The molecule has 0 saturated carbocycles. The molecular weight excluding hydrogens is 655 g/mol. The average molecular weight is 702 g/mol. The molecule has 5 nitrogen and oxygen atoms in total. The van der Waals surface area contributed by atoms with Crippen molar-refractivity contribution in [3.63, 3.8) is 0 Å². The van der Waals surface area contributed by atoms with Crippen LogP contribution in [0.3, 0.4) is 0 Å². The molecular formula is C48H47NO4. The standard InChI is InChI=1S/C48H47NO4/c1-5-47(6-2)41-15-11-10-14-37(41)44-39-30-42(49-26-28-52-29-27-49)43(51-4)31-40(39)46-38(45(44)47)24-25-48(53-46,35-20-22-36(50-3)23-21-35)34-18-16-33(17-19-34)32-12-8-7-9-13-32/h7-16,18,20-25,30-31H,5-6,17,19,26-29H2,1-4H3. The molecule has 0 aromatic heterocycles. The monoisotopic (exact) mass is 701 g/mol. The summed E-state index contributed by atoms with van der Waals surface area (Å²) in [4.78, 5) is 2.41. The van der Waals surface area contributed by atoms with Crippen molar-refractivity contribution in [3.8, 4) is 28.4 Å². The smallest absolute Gasteiger partial charge is 0.174 e. The highest BCUT2D eigenvalue weighted by molar-refractivity contribution is 6.10. The van der Waals surface area contributed by atoms with E-state index in [0.717, 1.165) is 72.7 Å². The lowest BCUT2D eigenvalue weighted by molar-refractivity contribution is 0.122. The zero-order chi connectivity index (χ0) is 36.2. The second-order valence-electron chi connectivity index (χ2n) is 14.6. The molecule has 0 bridgehead atoms. The summed E-state index contributed by atoms with van der Waals surface area (Å²) in [7, 11) is 3.50. The molecule has 1 unspecified atom stereocenters. The van der Waals surface area contributed by atoms with Crippen LogP contribution in [0.25, 0.3) is 33.5 Å². The second kappa shape index (κ2) is 13.3. The van der Waals surface area contributed by atoms with Gasteiger partial charge in [-0.1, -0.05) is 98.8 Å². The highest BCUT2D eigenvalue weighted by Crippen LogP contribution is 2.61. The summed E-state index contributed by atoms with van der Waals surface area (Å²) in [6.07, 6.45) is 13.1. The molecule has 1 fully saturated rings.